The lowest BCUT2D eigenvalue weighted by Gasteiger charge is -2.08. The molecule has 3 aromatic carbocycles. The van der Waals surface area contributed by atoms with Gasteiger partial charge in [-0.15, -0.1) is 0 Å². The highest BCUT2D eigenvalue weighted by Gasteiger charge is 2.30. The fourth-order valence-electron chi connectivity index (χ4n) is 2.89. The lowest BCUT2D eigenvalue weighted by Crippen LogP contribution is -1.95. The molecule has 0 aromatic heterocycles. The molecule has 0 saturated heterocycles. The summed E-state index contributed by atoms with van der Waals surface area (Å²) in [6.07, 6.45) is 0. The van der Waals surface area contributed by atoms with Crippen molar-refractivity contribution >= 4 is 23.1 Å². The first-order valence-corrected chi connectivity index (χ1v) is 8.43. The maximum Gasteiger partial charge on any atom is 0.200 e. The average molecular weight is 332 g/mol. The first kappa shape index (κ1) is 14.9. The second-order valence-electron chi connectivity index (χ2n) is 5.50. The van der Waals surface area contributed by atoms with Crippen molar-refractivity contribution < 1.29 is 9.18 Å². The topological polar surface area (TPSA) is 17.1 Å². The van der Waals surface area contributed by atoms with E-state index in [0.29, 0.717) is 10.5 Å². The Bertz CT molecular complexity index is 960. The van der Waals surface area contributed by atoms with Gasteiger partial charge in [-0.05, 0) is 29.3 Å². The van der Waals surface area contributed by atoms with Crippen LogP contribution >= 0.6 is 11.8 Å². The van der Waals surface area contributed by atoms with Crippen LogP contribution in [0.25, 0.3) is 5.57 Å². The summed E-state index contributed by atoms with van der Waals surface area (Å²) < 4.78 is 13.5. The summed E-state index contributed by atoms with van der Waals surface area (Å²) in [5.41, 5.74) is 3.56. The molecule has 1 aliphatic rings. The number of fused-ring (bicyclic) bond motifs is 1. The van der Waals surface area contributed by atoms with Crippen LogP contribution in [0.3, 0.4) is 0 Å². The molecule has 0 saturated carbocycles. The molecule has 116 valence electrons. The van der Waals surface area contributed by atoms with Gasteiger partial charge in [0.1, 0.15) is 5.82 Å². The Hall–Kier alpha value is -2.65. The largest absolute Gasteiger partial charge is 0.288 e. The molecular formula is C21H13FOS. The SMILES string of the molecule is O=C1C(Sc2cccc(F)c2)=C(c2ccccc2)c2ccccc21. The van der Waals surface area contributed by atoms with Gasteiger partial charge in [-0.3, -0.25) is 4.79 Å². The number of allylic oxidation sites excluding steroid dienone is 1. The number of carbonyl (C=O) groups is 1. The number of benzene rings is 3. The molecule has 24 heavy (non-hydrogen) atoms. The van der Waals surface area contributed by atoms with Crippen LogP contribution in [-0.4, -0.2) is 5.78 Å². The van der Waals surface area contributed by atoms with Crippen molar-refractivity contribution in [2.45, 2.75) is 4.90 Å². The highest BCUT2D eigenvalue weighted by atomic mass is 32.2. The number of rotatable bonds is 3. The van der Waals surface area contributed by atoms with E-state index in [1.807, 2.05) is 60.7 Å². The van der Waals surface area contributed by atoms with Gasteiger partial charge in [0.2, 0.25) is 5.78 Å². The van der Waals surface area contributed by atoms with Gasteiger partial charge in [0.25, 0.3) is 0 Å². The maximum absolute atomic E-state index is 13.5. The van der Waals surface area contributed by atoms with E-state index in [2.05, 4.69) is 0 Å². The van der Waals surface area contributed by atoms with Gasteiger partial charge in [0.15, 0.2) is 0 Å². The van der Waals surface area contributed by atoms with Gasteiger partial charge in [-0.25, -0.2) is 4.39 Å². The van der Waals surface area contributed by atoms with Crippen LogP contribution in [0.1, 0.15) is 21.5 Å². The number of carbonyl (C=O) groups excluding carboxylic acids is 1. The summed E-state index contributed by atoms with van der Waals surface area (Å²) in [6, 6.07) is 23.8. The van der Waals surface area contributed by atoms with Crippen molar-refractivity contribution in [3.05, 3.63) is 106 Å². The molecule has 0 fully saturated rings. The standard InChI is InChI=1S/C21H13FOS/c22-15-9-6-10-16(13-15)24-21-19(14-7-2-1-3-8-14)17-11-4-5-12-18(17)20(21)23/h1-13H. The predicted octanol–water partition coefficient (Wildman–Crippen LogP) is 5.57. The van der Waals surface area contributed by atoms with Gasteiger partial charge < -0.3 is 0 Å². The number of hydrogen-bond donors (Lipinski definition) is 0. The van der Waals surface area contributed by atoms with E-state index in [9.17, 15) is 9.18 Å². The molecule has 0 bridgehead atoms. The summed E-state index contributed by atoms with van der Waals surface area (Å²) in [7, 11) is 0. The Morgan fingerprint density at radius 3 is 2.21 bits per heavy atom. The molecule has 0 radical (unpaired) electrons. The molecule has 0 N–H and O–H groups in total. The Labute approximate surface area is 143 Å². The maximum atomic E-state index is 13.5. The zero-order valence-corrected chi connectivity index (χ0v) is 13.5. The predicted molar refractivity (Wildman–Crippen MR) is 95.5 cm³/mol. The smallest absolute Gasteiger partial charge is 0.200 e. The highest BCUT2D eigenvalue weighted by Crippen LogP contribution is 2.44. The molecule has 3 aromatic rings. The van der Waals surface area contributed by atoms with Gasteiger partial charge in [-0.2, -0.15) is 0 Å². The second kappa shape index (κ2) is 6.10. The van der Waals surface area contributed by atoms with E-state index < -0.39 is 0 Å². The van der Waals surface area contributed by atoms with Crippen molar-refractivity contribution in [2.24, 2.45) is 0 Å². The molecule has 4 rings (SSSR count). The quantitative estimate of drug-likeness (QED) is 0.623. The van der Waals surface area contributed by atoms with E-state index in [1.165, 1.54) is 23.9 Å². The third-order valence-corrected chi connectivity index (χ3v) is 5.04. The van der Waals surface area contributed by atoms with Crippen LogP contribution in [0.2, 0.25) is 0 Å². The number of Topliss-reactive ketones (excluding diaryl/α,β-unsaturated/α-hetero) is 1. The summed E-state index contributed by atoms with van der Waals surface area (Å²) in [5, 5.41) is 0. The normalized spacial score (nSPS) is 13.3. The van der Waals surface area contributed by atoms with E-state index in [0.717, 1.165) is 21.6 Å². The van der Waals surface area contributed by atoms with Crippen molar-refractivity contribution in [1.29, 1.82) is 0 Å². The fourth-order valence-corrected chi connectivity index (χ4v) is 3.98. The molecule has 0 aliphatic heterocycles. The number of ketones is 1. The Kier molecular flexibility index (Phi) is 3.79. The zero-order valence-electron chi connectivity index (χ0n) is 12.7. The first-order chi connectivity index (χ1) is 11.7. The van der Waals surface area contributed by atoms with Crippen molar-refractivity contribution in [3.63, 3.8) is 0 Å². The summed E-state index contributed by atoms with van der Waals surface area (Å²) in [6.45, 7) is 0. The van der Waals surface area contributed by atoms with Crippen LogP contribution in [-0.2, 0) is 0 Å². The molecule has 0 spiro atoms. The van der Waals surface area contributed by atoms with Crippen LogP contribution in [0.5, 0.6) is 0 Å². The Balaban J connectivity index is 1.89. The Morgan fingerprint density at radius 1 is 0.750 bits per heavy atom. The monoisotopic (exact) mass is 332 g/mol. The highest BCUT2D eigenvalue weighted by molar-refractivity contribution is 8.04. The molecule has 0 heterocycles. The average Bonchev–Trinajstić information content (AvgIpc) is 2.88. The molecule has 3 heteroatoms. The number of hydrogen-bond acceptors (Lipinski definition) is 2. The third-order valence-electron chi connectivity index (χ3n) is 3.95. The van der Waals surface area contributed by atoms with Crippen LogP contribution in [0, 0.1) is 5.82 Å². The van der Waals surface area contributed by atoms with Crippen molar-refractivity contribution in [1.82, 2.24) is 0 Å². The minimum atomic E-state index is -0.301. The van der Waals surface area contributed by atoms with Gasteiger partial charge >= 0.3 is 0 Å². The number of halogens is 1. The zero-order chi connectivity index (χ0) is 16.5. The van der Waals surface area contributed by atoms with E-state index in [-0.39, 0.29) is 11.6 Å². The van der Waals surface area contributed by atoms with Gasteiger partial charge in [-0.1, -0.05) is 72.4 Å². The van der Waals surface area contributed by atoms with Crippen LogP contribution in [0.4, 0.5) is 4.39 Å². The molecule has 0 atom stereocenters. The van der Waals surface area contributed by atoms with Gasteiger partial charge in [0, 0.05) is 16.0 Å². The first-order valence-electron chi connectivity index (χ1n) is 7.61. The number of thioether (sulfide) groups is 1. The third kappa shape index (κ3) is 2.57. The van der Waals surface area contributed by atoms with Gasteiger partial charge in [0.05, 0.1) is 4.91 Å². The summed E-state index contributed by atoms with van der Waals surface area (Å²) in [4.78, 5) is 14.3. The lowest BCUT2D eigenvalue weighted by atomic mass is 9.99. The molecule has 1 nitrogen and oxygen atoms in total. The van der Waals surface area contributed by atoms with Crippen LogP contribution in [0.15, 0.2) is 88.7 Å². The molecule has 0 unspecified atom stereocenters. The molecule has 1 aliphatic carbocycles. The van der Waals surface area contributed by atoms with Crippen LogP contribution < -0.4 is 0 Å². The minimum absolute atomic E-state index is 0.00119. The minimum Gasteiger partial charge on any atom is -0.288 e. The summed E-state index contributed by atoms with van der Waals surface area (Å²) in [5.74, 6) is -0.302. The second-order valence-corrected chi connectivity index (χ2v) is 6.59. The molecule has 0 amide bonds. The van der Waals surface area contributed by atoms with E-state index >= 15 is 0 Å². The van der Waals surface area contributed by atoms with E-state index in [1.54, 1.807) is 6.07 Å². The lowest BCUT2D eigenvalue weighted by molar-refractivity contribution is 0.104. The van der Waals surface area contributed by atoms with Crippen molar-refractivity contribution in [3.8, 4) is 0 Å². The summed E-state index contributed by atoms with van der Waals surface area (Å²) >= 11 is 1.32. The molecular weight excluding hydrogens is 319 g/mol. The van der Waals surface area contributed by atoms with E-state index in [4.69, 9.17) is 0 Å². The fraction of sp³-hybridized carbons (Fsp3) is 0. The Morgan fingerprint density at radius 2 is 1.46 bits per heavy atom. The van der Waals surface area contributed by atoms with Crippen molar-refractivity contribution in [2.75, 3.05) is 0 Å².